The number of rotatable bonds is 8. The summed E-state index contributed by atoms with van der Waals surface area (Å²) in [6.45, 7) is 1.65. The van der Waals surface area contributed by atoms with Gasteiger partial charge in [0.2, 0.25) is 0 Å². The van der Waals surface area contributed by atoms with Crippen molar-refractivity contribution in [3.63, 3.8) is 0 Å². The minimum atomic E-state index is -4.81. The number of aliphatic carboxylic acids is 1. The van der Waals surface area contributed by atoms with E-state index in [0.29, 0.717) is 21.3 Å². The number of carboxylic acid groups (broad SMARTS) is 1. The largest absolute Gasteiger partial charge is 0.573 e. The number of thiazole rings is 1. The lowest BCUT2D eigenvalue weighted by atomic mass is 10.0. The van der Waals surface area contributed by atoms with Gasteiger partial charge < -0.3 is 20.5 Å². The first-order valence-corrected chi connectivity index (χ1v) is 11.7. The van der Waals surface area contributed by atoms with E-state index in [9.17, 15) is 27.2 Å². The molecule has 0 saturated carbocycles. The van der Waals surface area contributed by atoms with Crippen LogP contribution in [0.5, 0.6) is 5.75 Å². The molecular weight excluding hydrogens is 526 g/mol. The molecule has 0 spiro atoms. The average Bonchev–Trinajstić information content (AvgIpc) is 3.24. The van der Waals surface area contributed by atoms with Gasteiger partial charge in [0.15, 0.2) is 5.13 Å². The molecule has 0 aliphatic rings. The first-order chi connectivity index (χ1) is 17.5. The van der Waals surface area contributed by atoms with Gasteiger partial charge >= 0.3 is 12.3 Å². The van der Waals surface area contributed by atoms with E-state index in [2.05, 4.69) is 20.4 Å². The number of ether oxygens (including phenoxy) is 1. The lowest BCUT2D eigenvalue weighted by Gasteiger charge is -2.12. The number of nitrogens with one attached hydrogen (secondary N) is 2. The van der Waals surface area contributed by atoms with Gasteiger partial charge in [-0.15, -0.1) is 13.2 Å². The number of aromatic nitrogens is 1. The Kier molecular flexibility index (Phi) is 8.56. The molecule has 0 aliphatic carbocycles. The standard InChI is InChI=1S/C25H19F4N3O4S.CH4/c1-2-18(23(34)35)30-22(33)14-5-3-13(4-6-14)15-7-9-19(17(26)11-15)31-24-32-20-10-8-16(12-21(20)37-24)36-25(27,28)29;/h3-12,18H,2H2,1H3,(H,30,33)(H,31,32)(H,34,35);1H4/t18-;/m0./s1. The first kappa shape index (κ1) is 28.4. The molecule has 3 aromatic carbocycles. The summed E-state index contributed by atoms with van der Waals surface area (Å²) in [5.41, 5.74) is 1.97. The number of amides is 1. The van der Waals surface area contributed by atoms with E-state index in [-0.39, 0.29) is 36.0 Å². The molecule has 0 fully saturated rings. The molecule has 12 heteroatoms. The van der Waals surface area contributed by atoms with Crippen LogP contribution in [-0.4, -0.2) is 34.4 Å². The number of hydrogen-bond acceptors (Lipinski definition) is 6. The Balaban J connectivity index is 0.00000400. The molecule has 3 N–H and O–H groups in total. The molecule has 0 radical (unpaired) electrons. The van der Waals surface area contributed by atoms with Gasteiger partial charge in [-0.05, 0) is 53.9 Å². The fraction of sp³-hybridized carbons (Fsp3) is 0.192. The zero-order valence-corrected chi connectivity index (χ0v) is 19.9. The quantitative estimate of drug-likeness (QED) is 0.205. The number of carboxylic acids is 1. The summed E-state index contributed by atoms with van der Waals surface area (Å²) in [6.07, 6.45) is -4.57. The zero-order chi connectivity index (χ0) is 26.7. The van der Waals surface area contributed by atoms with Crippen molar-refractivity contribution in [3.05, 3.63) is 72.0 Å². The lowest BCUT2D eigenvalue weighted by Crippen LogP contribution is -2.40. The SMILES string of the molecule is C.CC[C@H](NC(=O)c1ccc(-c2ccc(Nc3nc4ccc(OC(F)(F)F)cc4s3)c(F)c2)cc1)C(=O)O. The van der Waals surface area contributed by atoms with Gasteiger partial charge in [0.05, 0.1) is 15.9 Å². The van der Waals surface area contributed by atoms with Gasteiger partial charge in [0, 0.05) is 11.6 Å². The molecule has 38 heavy (non-hydrogen) atoms. The minimum absolute atomic E-state index is 0. The van der Waals surface area contributed by atoms with E-state index in [0.717, 1.165) is 17.4 Å². The Labute approximate surface area is 219 Å². The zero-order valence-electron chi connectivity index (χ0n) is 19.1. The summed E-state index contributed by atoms with van der Waals surface area (Å²) in [5.74, 6) is -2.62. The molecule has 4 rings (SSSR count). The maximum absolute atomic E-state index is 14.8. The molecule has 0 unspecified atom stereocenters. The Morgan fingerprint density at radius 2 is 1.74 bits per heavy atom. The number of hydrogen-bond donors (Lipinski definition) is 3. The van der Waals surface area contributed by atoms with Crippen molar-refractivity contribution in [2.24, 2.45) is 0 Å². The van der Waals surface area contributed by atoms with Crippen molar-refractivity contribution in [3.8, 4) is 16.9 Å². The molecule has 7 nitrogen and oxygen atoms in total. The van der Waals surface area contributed by atoms with E-state index in [1.165, 1.54) is 36.4 Å². The number of carbonyl (C=O) groups is 2. The van der Waals surface area contributed by atoms with E-state index in [1.807, 2.05) is 0 Å². The van der Waals surface area contributed by atoms with Crippen molar-refractivity contribution in [1.29, 1.82) is 0 Å². The van der Waals surface area contributed by atoms with Gasteiger partial charge in [0.25, 0.3) is 5.91 Å². The molecule has 0 saturated heterocycles. The van der Waals surface area contributed by atoms with E-state index >= 15 is 0 Å². The summed E-state index contributed by atoms with van der Waals surface area (Å²) in [4.78, 5) is 27.7. The Bertz CT molecular complexity index is 1460. The first-order valence-electron chi connectivity index (χ1n) is 10.9. The number of halogens is 4. The van der Waals surface area contributed by atoms with Crippen LogP contribution in [0.2, 0.25) is 0 Å². The highest BCUT2D eigenvalue weighted by Gasteiger charge is 2.31. The van der Waals surface area contributed by atoms with Crippen LogP contribution in [0.3, 0.4) is 0 Å². The van der Waals surface area contributed by atoms with Crippen LogP contribution in [-0.2, 0) is 4.79 Å². The maximum Gasteiger partial charge on any atom is 0.573 e. The summed E-state index contributed by atoms with van der Waals surface area (Å²) in [5, 5.41) is 14.6. The van der Waals surface area contributed by atoms with Gasteiger partial charge in [-0.2, -0.15) is 0 Å². The summed E-state index contributed by atoms with van der Waals surface area (Å²) >= 11 is 1.04. The van der Waals surface area contributed by atoms with Crippen LogP contribution in [0, 0.1) is 5.82 Å². The predicted octanol–water partition coefficient (Wildman–Crippen LogP) is 6.97. The van der Waals surface area contributed by atoms with Crippen LogP contribution < -0.4 is 15.4 Å². The molecule has 200 valence electrons. The third-order valence-corrected chi connectivity index (χ3v) is 6.23. The molecule has 1 amide bonds. The fourth-order valence-electron chi connectivity index (χ4n) is 3.46. The number of carbonyl (C=O) groups excluding carboxylic acids is 1. The highest BCUT2D eigenvalue weighted by Crippen LogP contribution is 2.34. The highest BCUT2D eigenvalue weighted by atomic mass is 32.1. The Hall–Kier alpha value is -4.19. The minimum Gasteiger partial charge on any atom is -0.480 e. The fourth-order valence-corrected chi connectivity index (χ4v) is 4.37. The van der Waals surface area contributed by atoms with E-state index in [1.54, 1.807) is 25.1 Å². The van der Waals surface area contributed by atoms with Crippen molar-refractivity contribution >= 4 is 44.2 Å². The molecule has 0 bridgehead atoms. The highest BCUT2D eigenvalue weighted by molar-refractivity contribution is 7.22. The molecule has 1 aromatic heterocycles. The summed E-state index contributed by atoms with van der Waals surface area (Å²) < 4.78 is 56.5. The average molecular weight is 550 g/mol. The monoisotopic (exact) mass is 549 g/mol. The van der Waals surface area contributed by atoms with Gasteiger partial charge in [0.1, 0.15) is 17.6 Å². The molecule has 0 aliphatic heterocycles. The van der Waals surface area contributed by atoms with Crippen LogP contribution in [0.4, 0.5) is 28.4 Å². The summed E-state index contributed by atoms with van der Waals surface area (Å²) in [6, 6.07) is 13.4. The third-order valence-electron chi connectivity index (χ3n) is 5.30. The Morgan fingerprint density at radius 1 is 1.05 bits per heavy atom. The van der Waals surface area contributed by atoms with Crippen molar-refractivity contribution in [1.82, 2.24) is 10.3 Å². The maximum atomic E-state index is 14.8. The van der Waals surface area contributed by atoms with Crippen LogP contribution >= 0.6 is 11.3 Å². The van der Waals surface area contributed by atoms with Crippen LogP contribution in [0.1, 0.15) is 31.1 Å². The number of benzene rings is 3. The molecule has 1 atom stereocenters. The van der Waals surface area contributed by atoms with Crippen molar-refractivity contribution < 1.29 is 37.0 Å². The number of anilines is 2. The molecule has 1 heterocycles. The smallest absolute Gasteiger partial charge is 0.480 e. The molecular formula is C26H23F4N3O4S. The normalized spacial score (nSPS) is 11.9. The second-order valence-corrected chi connectivity index (χ2v) is 8.90. The van der Waals surface area contributed by atoms with Gasteiger partial charge in [-0.25, -0.2) is 14.2 Å². The second kappa shape index (κ2) is 11.5. The number of fused-ring (bicyclic) bond motifs is 1. The third kappa shape index (κ3) is 6.76. The number of nitrogens with zero attached hydrogens (tertiary/aromatic N) is 1. The van der Waals surface area contributed by atoms with Gasteiger partial charge in [-0.1, -0.05) is 43.9 Å². The Morgan fingerprint density at radius 3 is 2.34 bits per heavy atom. The summed E-state index contributed by atoms with van der Waals surface area (Å²) in [7, 11) is 0. The predicted molar refractivity (Wildman–Crippen MR) is 137 cm³/mol. The topological polar surface area (TPSA) is 101 Å². The number of alkyl halides is 3. The second-order valence-electron chi connectivity index (χ2n) is 7.87. The molecule has 4 aromatic rings. The van der Waals surface area contributed by atoms with Crippen LogP contribution in [0.25, 0.3) is 21.3 Å². The van der Waals surface area contributed by atoms with Crippen molar-refractivity contribution in [2.45, 2.75) is 33.2 Å². The van der Waals surface area contributed by atoms with E-state index < -0.39 is 30.1 Å². The van der Waals surface area contributed by atoms with Gasteiger partial charge in [-0.3, -0.25) is 4.79 Å². The van der Waals surface area contributed by atoms with Crippen molar-refractivity contribution in [2.75, 3.05) is 5.32 Å². The van der Waals surface area contributed by atoms with Crippen LogP contribution in [0.15, 0.2) is 60.7 Å². The van der Waals surface area contributed by atoms with E-state index in [4.69, 9.17) is 5.11 Å². The lowest BCUT2D eigenvalue weighted by molar-refractivity contribution is -0.274.